The van der Waals surface area contributed by atoms with Crippen molar-refractivity contribution in [2.45, 2.75) is 39.2 Å². The minimum absolute atomic E-state index is 0.116. The lowest BCUT2D eigenvalue weighted by molar-refractivity contribution is 0.0537. The van der Waals surface area contributed by atoms with Gasteiger partial charge in [-0.3, -0.25) is 9.48 Å². The third-order valence-corrected chi connectivity index (χ3v) is 4.04. The number of aryl methyl sites for hydroxylation is 2. The Hall–Kier alpha value is -1.56. The molecule has 20 heavy (non-hydrogen) atoms. The van der Waals surface area contributed by atoms with Gasteiger partial charge in [0.25, 0.3) is 5.91 Å². The first kappa shape index (κ1) is 14.8. The van der Waals surface area contributed by atoms with Gasteiger partial charge < -0.3 is 15.8 Å². The molecule has 3 N–H and O–H groups in total. The molecular weight excluding hydrogens is 256 g/mol. The summed E-state index contributed by atoms with van der Waals surface area (Å²) >= 11 is 0. The number of rotatable bonds is 4. The Morgan fingerprint density at radius 2 is 2.20 bits per heavy atom. The Morgan fingerprint density at radius 3 is 2.75 bits per heavy atom. The molecule has 0 aliphatic carbocycles. The Bertz CT molecular complexity index is 478. The summed E-state index contributed by atoms with van der Waals surface area (Å²) in [4.78, 5) is 12.4. The number of aromatic nitrogens is 2. The number of nitrogens with two attached hydrogens (primary N) is 1. The van der Waals surface area contributed by atoms with E-state index >= 15 is 0 Å². The van der Waals surface area contributed by atoms with Gasteiger partial charge >= 0.3 is 0 Å². The molecule has 1 atom stereocenters. The summed E-state index contributed by atoms with van der Waals surface area (Å²) in [6.07, 6.45) is 2.70. The van der Waals surface area contributed by atoms with Crippen LogP contribution in [0.3, 0.4) is 0 Å². The van der Waals surface area contributed by atoms with Gasteiger partial charge in [-0.15, -0.1) is 0 Å². The van der Waals surface area contributed by atoms with E-state index in [-0.39, 0.29) is 11.9 Å². The molecule has 0 bridgehead atoms. The van der Waals surface area contributed by atoms with Crippen molar-refractivity contribution in [1.29, 1.82) is 0 Å². The molecule has 1 aliphatic rings. The monoisotopic (exact) mass is 280 g/mol. The first-order valence-electron chi connectivity index (χ1n) is 7.24. The van der Waals surface area contributed by atoms with Gasteiger partial charge in [0, 0.05) is 26.3 Å². The average Bonchev–Trinajstić information content (AvgIpc) is 2.74. The van der Waals surface area contributed by atoms with E-state index in [4.69, 9.17) is 10.5 Å². The number of anilines is 1. The molecule has 112 valence electrons. The molecule has 1 amide bonds. The molecule has 1 aromatic heterocycles. The second-order valence-corrected chi connectivity index (χ2v) is 5.40. The first-order valence-corrected chi connectivity index (χ1v) is 7.24. The first-order chi connectivity index (χ1) is 9.54. The van der Waals surface area contributed by atoms with Gasteiger partial charge in [0.1, 0.15) is 5.69 Å². The molecule has 1 aliphatic heterocycles. The average molecular weight is 280 g/mol. The molecule has 0 radical (unpaired) electrons. The summed E-state index contributed by atoms with van der Waals surface area (Å²) in [5, 5.41) is 7.33. The maximum absolute atomic E-state index is 12.4. The van der Waals surface area contributed by atoms with Crippen molar-refractivity contribution in [2.24, 2.45) is 13.0 Å². The van der Waals surface area contributed by atoms with Crippen LogP contribution in [0.25, 0.3) is 0 Å². The lowest BCUT2D eigenvalue weighted by Crippen LogP contribution is -2.41. The second kappa shape index (κ2) is 6.26. The molecule has 6 nitrogen and oxygen atoms in total. The maximum Gasteiger partial charge on any atom is 0.271 e. The predicted molar refractivity (Wildman–Crippen MR) is 77.5 cm³/mol. The minimum atomic E-state index is -0.142. The van der Waals surface area contributed by atoms with E-state index in [1.54, 1.807) is 11.7 Å². The summed E-state index contributed by atoms with van der Waals surface area (Å²) < 4.78 is 6.92. The third kappa shape index (κ3) is 2.95. The SMILES string of the molecule is CCc1nn(C)c(C(=O)NC(C)C2CCOCC2)c1N. The van der Waals surface area contributed by atoms with Crippen LogP contribution in [0, 0.1) is 5.92 Å². The highest BCUT2D eigenvalue weighted by Gasteiger charge is 2.25. The molecule has 2 heterocycles. The van der Waals surface area contributed by atoms with Crippen LogP contribution in [-0.4, -0.2) is 34.9 Å². The number of ether oxygens (including phenoxy) is 1. The normalized spacial score (nSPS) is 17.9. The number of hydrogen-bond donors (Lipinski definition) is 2. The Kier molecular flexibility index (Phi) is 4.65. The quantitative estimate of drug-likeness (QED) is 0.865. The number of amides is 1. The van der Waals surface area contributed by atoms with Crippen LogP contribution in [0.4, 0.5) is 5.69 Å². The van der Waals surface area contributed by atoms with Gasteiger partial charge in [-0.1, -0.05) is 6.92 Å². The molecule has 6 heteroatoms. The van der Waals surface area contributed by atoms with Gasteiger partial charge in [-0.25, -0.2) is 0 Å². The van der Waals surface area contributed by atoms with Crippen molar-refractivity contribution in [3.63, 3.8) is 0 Å². The highest BCUT2D eigenvalue weighted by atomic mass is 16.5. The van der Waals surface area contributed by atoms with Gasteiger partial charge in [0.2, 0.25) is 0 Å². The minimum Gasteiger partial charge on any atom is -0.395 e. The highest BCUT2D eigenvalue weighted by molar-refractivity contribution is 5.98. The van der Waals surface area contributed by atoms with E-state index in [0.29, 0.717) is 17.3 Å². The van der Waals surface area contributed by atoms with E-state index in [2.05, 4.69) is 10.4 Å². The van der Waals surface area contributed by atoms with Gasteiger partial charge in [-0.2, -0.15) is 5.10 Å². The van der Waals surface area contributed by atoms with E-state index in [9.17, 15) is 4.79 Å². The van der Waals surface area contributed by atoms with Gasteiger partial charge in [0.15, 0.2) is 0 Å². The fraction of sp³-hybridized carbons (Fsp3) is 0.714. The topological polar surface area (TPSA) is 82.2 Å². The van der Waals surface area contributed by atoms with E-state index in [1.807, 2.05) is 13.8 Å². The van der Waals surface area contributed by atoms with Crippen molar-refractivity contribution in [3.05, 3.63) is 11.4 Å². The molecule has 1 aromatic rings. The van der Waals surface area contributed by atoms with Crippen LogP contribution in [0.2, 0.25) is 0 Å². The summed E-state index contributed by atoms with van der Waals surface area (Å²) in [5.41, 5.74) is 7.73. The van der Waals surface area contributed by atoms with Crippen LogP contribution in [0.15, 0.2) is 0 Å². The van der Waals surface area contributed by atoms with Gasteiger partial charge in [0.05, 0.1) is 11.4 Å². The summed E-state index contributed by atoms with van der Waals surface area (Å²) in [6, 6.07) is 0.116. The fourth-order valence-corrected chi connectivity index (χ4v) is 2.74. The number of carbonyl (C=O) groups is 1. The van der Waals surface area contributed by atoms with Crippen LogP contribution in [0.5, 0.6) is 0 Å². The Morgan fingerprint density at radius 1 is 1.55 bits per heavy atom. The molecule has 1 saturated heterocycles. The highest BCUT2D eigenvalue weighted by Crippen LogP contribution is 2.20. The van der Waals surface area contributed by atoms with Crippen molar-refractivity contribution < 1.29 is 9.53 Å². The molecular formula is C14H24N4O2. The lowest BCUT2D eigenvalue weighted by atomic mass is 9.93. The van der Waals surface area contributed by atoms with Crippen LogP contribution in [0.1, 0.15) is 42.9 Å². The molecule has 1 unspecified atom stereocenters. The lowest BCUT2D eigenvalue weighted by Gasteiger charge is -2.28. The van der Waals surface area contributed by atoms with Crippen molar-refractivity contribution in [3.8, 4) is 0 Å². The van der Waals surface area contributed by atoms with E-state index < -0.39 is 0 Å². The van der Waals surface area contributed by atoms with Crippen molar-refractivity contribution in [2.75, 3.05) is 18.9 Å². The van der Waals surface area contributed by atoms with Crippen LogP contribution < -0.4 is 11.1 Å². The third-order valence-electron chi connectivity index (χ3n) is 4.04. The van der Waals surface area contributed by atoms with Crippen LogP contribution in [-0.2, 0) is 18.2 Å². The number of nitrogens with zero attached hydrogens (tertiary/aromatic N) is 2. The molecule has 0 saturated carbocycles. The zero-order valence-electron chi connectivity index (χ0n) is 12.5. The fourth-order valence-electron chi connectivity index (χ4n) is 2.74. The second-order valence-electron chi connectivity index (χ2n) is 5.40. The zero-order valence-corrected chi connectivity index (χ0v) is 12.5. The van der Waals surface area contributed by atoms with Gasteiger partial charge in [-0.05, 0) is 32.1 Å². The molecule has 0 aromatic carbocycles. The Balaban J connectivity index is 2.06. The smallest absolute Gasteiger partial charge is 0.271 e. The molecule has 0 spiro atoms. The summed E-state index contributed by atoms with van der Waals surface area (Å²) in [7, 11) is 1.75. The molecule has 2 rings (SSSR count). The standard InChI is InChI=1S/C14H24N4O2/c1-4-11-12(15)13(18(3)17-11)14(19)16-9(2)10-5-7-20-8-6-10/h9-10H,4-8,15H2,1-3H3,(H,16,19). The predicted octanol–water partition coefficient (Wildman–Crippen LogP) is 1.11. The largest absolute Gasteiger partial charge is 0.395 e. The number of nitrogen functional groups attached to an aromatic ring is 1. The van der Waals surface area contributed by atoms with Crippen molar-refractivity contribution in [1.82, 2.24) is 15.1 Å². The maximum atomic E-state index is 12.4. The Labute approximate surface area is 119 Å². The summed E-state index contributed by atoms with van der Waals surface area (Å²) in [6.45, 7) is 5.57. The zero-order chi connectivity index (χ0) is 14.7. The van der Waals surface area contributed by atoms with E-state index in [1.165, 1.54) is 0 Å². The summed E-state index contributed by atoms with van der Waals surface area (Å²) in [5.74, 6) is 0.323. The van der Waals surface area contributed by atoms with Crippen LogP contribution >= 0.6 is 0 Å². The van der Waals surface area contributed by atoms with Crippen molar-refractivity contribution >= 4 is 11.6 Å². The number of hydrogen-bond acceptors (Lipinski definition) is 4. The van der Waals surface area contributed by atoms with E-state index in [0.717, 1.165) is 38.2 Å². The molecule has 1 fully saturated rings. The number of nitrogens with one attached hydrogen (secondary N) is 1. The number of carbonyl (C=O) groups excluding carboxylic acids is 1.